The van der Waals surface area contributed by atoms with Crippen LogP contribution < -0.4 is 10.1 Å². The Morgan fingerprint density at radius 1 is 1.00 bits per heavy atom. The monoisotopic (exact) mass is 492 g/mol. The Morgan fingerprint density at radius 2 is 1.82 bits per heavy atom. The largest absolute Gasteiger partial charge is 0.694 e. The Balaban J connectivity index is 1.50. The number of nitrogens with one attached hydrogen (secondary N) is 1. The fraction of sp³-hybridized carbons (Fsp3) is 0.360. The van der Waals surface area contributed by atoms with Crippen molar-refractivity contribution in [1.82, 2.24) is 5.32 Å². The summed E-state index contributed by atoms with van der Waals surface area (Å²) in [5, 5.41) is 3.10. The predicted molar refractivity (Wildman–Crippen MR) is 126 cm³/mol. The molecule has 0 amide bonds. The molecule has 0 fully saturated rings. The van der Waals surface area contributed by atoms with Crippen molar-refractivity contribution in [2.24, 2.45) is 0 Å². The van der Waals surface area contributed by atoms with Crippen LogP contribution in [0.5, 0.6) is 5.75 Å². The molecule has 0 saturated carbocycles. The molecule has 3 rings (SSSR count). The number of hydrogen-bond acceptors (Lipinski definition) is 5. The van der Waals surface area contributed by atoms with Crippen LogP contribution in [0.25, 0.3) is 11.3 Å². The third-order valence-electron chi connectivity index (χ3n) is 5.23. The lowest BCUT2D eigenvalue weighted by atomic mass is 10.1. The summed E-state index contributed by atoms with van der Waals surface area (Å²) in [5.74, 6) is 0.400. The maximum atomic E-state index is 14.7. The molecule has 9 heteroatoms. The lowest BCUT2D eigenvalue weighted by Crippen LogP contribution is -2.17. The lowest BCUT2D eigenvalue weighted by molar-refractivity contribution is 0.276. The van der Waals surface area contributed by atoms with Crippen LogP contribution in [-0.4, -0.2) is 24.7 Å². The van der Waals surface area contributed by atoms with Crippen LogP contribution in [0.1, 0.15) is 36.8 Å². The van der Waals surface area contributed by atoms with Crippen molar-refractivity contribution in [3.63, 3.8) is 0 Å². The fourth-order valence-electron chi connectivity index (χ4n) is 3.48. The second kappa shape index (κ2) is 13.9. The minimum absolute atomic E-state index is 0.148. The van der Waals surface area contributed by atoms with Gasteiger partial charge in [0.05, 0.1) is 18.4 Å². The molecule has 0 spiro atoms. The summed E-state index contributed by atoms with van der Waals surface area (Å²) in [5.41, 5.74) is 2.24. The highest BCUT2D eigenvalue weighted by molar-refractivity contribution is 7.32. The SMILES string of the molecule is O=[P+](O)OCCCNCc1cc(-c2ccco2)c(OCCCCCc2ccc(F)cc2)cc1F. The normalized spacial score (nSPS) is 11.6. The first-order valence-electron chi connectivity index (χ1n) is 11.3. The molecule has 6 nitrogen and oxygen atoms in total. The first-order chi connectivity index (χ1) is 16.5. The molecule has 0 radical (unpaired) electrons. The van der Waals surface area contributed by atoms with E-state index in [4.69, 9.17) is 14.0 Å². The van der Waals surface area contributed by atoms with Crippen LogP contribution in [0.4, 0.5) is 8.78 Å². The van der Waals surface area contributed by atoms with E-state index in [1.54, 1.807) is 36.6 Å². The highest BCUT2D eigenvalue weighted by Crippen LogP contribution is 2.33. The van der Waals surface area contributed by atoms with E-state index in [2.05, 4.69) is 9.84 Å². The average molecular weight is 492 g/mol. The van der Waals surface area contributed by atoms with Crippen LogP contribution in [0.15, 0.2) is 59.2 Å². The Morgan fingerprint density at radius 3 is 2.56 bits per heavy atom. The Labute approximate surface area is 198 Å². The minimum atomic E-state index is -2.59. The molecule has 2 aromatic carbocycles. The van der Waals surface area contributed by atoms with E-state index in [1.807, 2.05) is 0 Å². The minimum Gasteiger partial charge on any atom is -0.493 e. The standard InChI is InChI=1S/C25H28F2NO5P/c26-21-10-8-19(9-11-21)6-2-1-3-13-32-25-17-23(27)20(16-22(25)24-7-4-14-31-24)18-28-12-5-15-33-34(29)30/h4,7-11,14,16-17,28H,1-3,5-6,12-13,15,18H2/p+1. The van der Waals surface area contributed by atoms with Gasteiger partial charge in [0.15, 0.2) is 0 Å². The smallest absolute Gasteiger partial charge is 0.493 e. The van der Waals surface area contributed by atoms with Gasteiger partial charge in [-0.15, -0.1) is 9.42 Å². The first-order valence-corrected chi connectivity index (χ1v) is 12.4. The second-order valence-corrected chi connectivity index (χ2v) is 8.54. The number of rotatable bonds is 15. The Hall–Kier alpha value is -2.64. The van der Waals surface area contributed by atoms with Crippen molar-refractivity contribution in [3.8, 4) is 17.1 Å². The van der Waals surface area contributed by atoms with Crippen molar-refractivity contribution >= 4 is 8.25 Å². The van der Waals surface area contributed by atoms with E-state index >= 15 is 0 Å². The highest BCUT2D eigenvalue weighted by Gasteiger charge is 2.15. The molecule has 1 atom stereocenters. The number of furan rings is 1. The third kappa shape index (κ3) is 8.61. The molecule has 0 bridgehead atoms. The van der Waals surface area contributed by atoms with Crippen molar-refractivity contribution < 1.29 is 31.9 Å². The van der Waals surface area contributed by atoms with Crippen LogP contribution in [0.2, 0.25) is 0 Å². The van der Waals surface area contributed by atoms with Gasteiger partial charge in [0.2, 0.25) is 0 Å². The van der Waals surface area contributed by atoms with Crippen molar-refractivity contribution in [2.45, 2.75) is 38.6 Å². The number of benzene rings is 2. The van der Waals surface area contributed by atoms with Gasteiger partial charge in [-0.25, -0.2) is 8.78 Å². The summed E-state index contributed by atoms with van der Waals surface area (Å²) in [6, 6.07) is 13.2. The zero-order valence-electron chi connectivity index (χ0n) is 18.8. The summed E-state index contributed by atoms with van der Waals surface area (Å²) in [6.07, 6.45) is 5.66. The zero-order chi connectivity index (χ0) is 24.2. The summed E-state index contributed by atoms with van der Waals surface area (Å²) in [7, 11) is -2.59. The van der Waals surface area contributed by atoms with Gasteiger partial charge in [0, 0.05) is 22.7 Å². The molecule has 1 heterocycles. The van der Waals surface area contributed by atoms with Crippen molar-refractivity contribution in [1.29, 1.82) is 0 Å². The van der Waals surface area contributed by atoms with Crippen molar-refractivity contribution in [3.05, 3.63) is 77.6 Å². The summed E-state index contributed by atoms with van der Waals surface area (Å²) >= 11 is 0. The van der Waals surface area contributed by atoms with Crippen molar-refractivity contribution in [2.75, 3.05) is 19.8 Å². The second-order valence-electron chi connectivity index (χ2n) is 7.80. The van der Waals surface area contributed by atoms with Crippen LogP contribution in [-0.2, 0) is 22.1 Å². The van der Waals surface area contributed by atoms with Gasteiger partial charge in [-0.3, -0.25) is 0 Å². The van der Waals surface area contributed by atoms with E-state index in [0.717, 1.165) is 31.2 Å². The van der Waals surface area contributed by atoms with Crippen LogP contribution >= 0.6 is 8.25 Å². The van der Waals surface area contributed by atoms with Gasteiger partial charge < -0.3 is 14.5 Å². The highest BCUT2D eigenvalue weighted by atomic mass is 31.1. The molecule has 2 N–H and O–H groups in total. The van der Waals surface area contributed by atoms with E-state index in [0.29, 0.717) is 42.2 Å². The first kappa shape index (κ1) is 26.0. The number of unbranched alkanes of at least 4 members (excludes halogenated alkanes) is 2. The molecule has 0 aliphatic rings. The maximum Gasteiger partial charge on any atom is 0.694 e. The molecule has 0 saturated heterocycles. The molecule has 182 valence electrons. The van der Waals surface area contributed by atoms with E-state index in [1.165, 1.54) is 18.2 Å². The summed E-state index contributed by atoms with van der Waals surface area (Å²) < 4.78 is 54.2. The van der Waals surface area contributed by atoms with E-state index in [9.17, 15) is 13.3 Å². The topological polar surface area (TPSA) is 80.9 Å². The van der Waals surface area contributed by atoms with Gasteiger partial charge in [-0.2, -0.15) is 0 Å². The van der Waals surface area contributed by atoms with Gasteiger partial charge in [-0.05, 0) is 74.5 Å². The third-order valence-corrected chi connectivity index (χ3v) is 5.63. The van der Waals surface area contributed by atoms with Crippen LogP contribution in [0.3, 0.4) is 0 Å². The molecular formula is C25H29F2NO5P+. The average Bonchev–Trinajstić information content (AvgIpc) is 3.35. The number of hydrogen-bond donors (Lipinski definition) is 2. The fourth-order valence-corrected chi connectivity index (χ4v) is 3.77. The predicted octanol–water partition coefficient (Wildman–Crippen LogP) is 6.16. The molecular weight excluding hydrogens is 463 g/mol. The van der Waals surface area contributed by atoms with Crippen LogP contribution in [0, 0.1) is 11.6 Å². The summed E-state index contributed by atoms with van der Waals surface area (Å²) in [6.45, 7) is 1.39. The Bertz CT molecular complexity index is 1030. The zero-order valence-corrected chi connectivity index (χ0v) is 19.7. The molecule has 34 heavy (non-hydrogen) atoms. The molecule has 3 aromatic rings. The molecule has 0 aliphatic carbocycles. The van der Waals surface area contributed by atoms with Gasteiger partial charge in [0.25, 0.3) is 0 Å². The molecule has 0 aliphatic heterocycles. The number of halogens is 2. The lowest BCUT2D eigenvalue weighted by Gasteiger charge is -2.14. The Kier molecular flexibility index (Phi) is 10.6. The number of ether oxygens (including phenoxy) is 1. The van der Waals surface area contributed by atoms with Gasteiger partial charge in [0.1, 0.15) is 29.8 Å². The van der Waals surface area contributed by atoms with E-state index < -0.39 is 8.25 Å². The summed E-state index contributed by atoms with van der Waals surface area (Å²) in [4.78, 5) is 8.61. The number of aryl methyl sites for hydroxylation is 1. The quantitative estimate of drug-likeness (QED) is 0.195. The van der Waals surface area contributed by atoms with E-state index in [-0.39, 0.29) is 24.8 Å². The van der Waals surface area contributed by atoms with Gasteiger partial charge in [-0.1, -0.05) is 12.1 Å². The maximum absolute atomic E-state index is 14.7. The van der Waals surface area contributed by atoms with Gasteiger partial charge >= 0.3 is 8.25 Å². The molecule has 1 unspecified atom stereocenters. The molecule has 1 aromatic heterocycles.